The lowest BCUT2D eigenvalue weighted by molar-refractivity contribution is -0.153. The van der Waals surface area contributed by atoms with Crippen molar-refractivity contribution < 1.29 is 19.1 Å². The molecule has 8 rings (SSSR count). The van der Waals surface area contributed by atoms with Gasteiger partial charge < -0.3 is 10.1 Å². The maximum absolute atomic E-state index is 13.0. The molecule has 0 fully saturated rings. The number of nitrogens with zero attached hydrogens (tertiary/aromatic N) is 7. The number of hydrogen-bond donors (Lipinski definition) is 1. The van der Waals surface area contributed by atoms with Crippen LogP contribution >= 0.6 is 0 Å². The van der Waals surface area contributed by atoms with Gasteiger partial charge in [-0.05, 0) is 45.0 Å². The monoisotopic (exact) mass is 666 g/mol. The van der Waals surface area contributed by atoms with Crippen LogP contribution in [0.15, 0.2) is 109 Å². The average molecular weight is 667 g/mol. The van der Waals surface area contributed by atoms with Gasteiger partial charge in [0.05, 0.1) is 35.6 Å². The number of fused-ring (bicyclic) bond motifs is 6. The van der Waals surface area contributed by atoms with E-state index in [1.54, 1.807) is 20.8 Å². The van der Waals surface area contributed by atoms with Crippen molar-refractivity contribution in [3.05, 3.63) is 121 Å². The standard InChI is InChI=1S/C22H22N4O3.C16H12N4O/c1-22(2,3)29-20(28)14-25-16-11-7-8-12-17(16)26-18(13-19(25)27)23-24-21(26)15-9-5-4-6-10-15;21-15-10-14-18-19-16(11-6-2-1-3-7-11)20(14)13-9-5-4-8-12(13)17-15/h4-12H,13-14H2,1-3H3;1-9H,10H2,(H,17,21). The van der Waals surface area contributed by atoms with Crippen molar-refractivity contribution >= 4 is 29.2 Å². The van der Waals surface area contributed by atoms with E-state index in [4.69, 9.17) is 4.74 Å². The minimum atomic E-state index is -0.622. The highest BCUT2D eigenvalue weighted by molar-refractivity contribution is 6.01. The van der Waals surface area contributed by atoms with Crippen LogP contribution in [0.3, 0.4) is 0 Å². The molecule has 2 aromatic heterocycles. The van der Waals surface area contributed by atoms with Gasteiger partial charge in [-0.15, -0.1) is 20.4 Å². The van der Waals surface area contributed by atoms with E-state index in [0.29, 0.717) is 23.2 Å². The second-order valence-electron chi connectivity index (χ2n) is 12.8. The summed E-state index contributed by atoms with van der Waals surface area (Å²) in [5.41, 5.74) is 4.29. The first-order valence-corrected chi connectivity index (χ1v) is 16.2. The van der Waals surface area contributed by atoms with Crippen molar-refractivity contribution in [2.75, 3.05) is 16.8 Å². The zero-order valence-electron chi connectivity index (χ0n) is 27.8. The van der Waals surface area contributed by atoms with Crippen molar-refractivity contribution in [2.45, 2.75) is 39.2 Å². The topological polar surface area (TPSA) is 137 Å². The molecule has 0 unspecified atom stereocenters. The summed E-state index contributed by atoms with van der Waals surface area (Å²) in [5, 5.41) is 20.0. The summed E-state index contributed by atoms with van der Waals surface area (Å²) in [6.45, 7) is 5.25. The Labute approximate surface area is 288 Å². The Morgan fingerprint density at radius 3 is 1.76 bits per heavy atom. The first-order valence-electron chi connectivity index (χ1n) is 16.2. The SMILES string of the molecule is CC(C)(C)OC(=O)CN1C(=O)Cc2nnc(-c3ccccc3)n2-c2ccccc21.O=C1Cc2nnc(-c3ccccc3)n2-c2ccccc2N1. The molecule has 0 spiro atoms. The maximum atomic E-state index is 13.0. The van der Waals surface area contributed by atoms with Gasteiger partial charge >= 0.3 is 5.97 Å². The highest BCUT2D eigenvalue weighted by atomic mass is 16.6. The van der Waals surface area contributed by atoms with Crippen molar-refractivity contribution in [1.29, 1.82) is 0 Å². The Bertz CT molecular complexity index is 2200. The van der Waals surface area contributed by atoms with Gasteiger partial charge in [-0.1, -0.05) is 84.9 Å². The van der Waals surface area contributed by atoms with Gasteiger partial charge in [0, 0.05) is 11.1 Å². The third-order valence-electron chi connectivity index (χ3n) is 7.99. The average Bonchev–Trinajstić information content (AvgIpc) is 3.65. The molecule has 0 bridgehead atoms. The Hall–Kier alpha value is -6.43. The Kier molecular flexibility index (Phi) is 8.50. The smallest absolute Gasteiger partial charge is 0.326 e. The summed E-state index contributed by atoms with van der Waals surface area (Å²) >= 11 is 0. The van der Waals surface area contributed by atoms with E-state index in [1.165, 1.54) is 4.90 Å². The van der Waals surface area contributed by atoms with Gasteiger partial charge in [0.1, 0.15) is 23.8 Å². The van der Waals surface area contributed by atoms with Gasteiger partial charge in [-0.2, -0.15) is 0 Å². The number of carbonyl (C=O) groups excluding carboxylic acids is 3. The number of amides is 2. The Balaban J connectivity index is 0.000000165. The number of hydrogen-bond acceptors (Lipinski definition) is 8. The van der Waals surface area contributed by atoms with Crippen molar-refractivity contribution in [3.8, 4) is 34.2 Å². The van der Waals surface area contributed by atoms with E-state index in [9.17, 15) is 14.4 Å². The second kappa shape index (κ2) is 13.2. The number of aromatic nitrogens is 6. The largest absolute Gasteiger partial charge is 0.459 e. The lowest BCUT2D eigenvalue weighted by Crippen LogP contribution is -2.39. The summed E-state index contributed by atoms with van der Waals surface area (Å²) in [6.07, 6.45) is 0.256. The number of rotatable bonds is 4. The van der Waals surface area contributed by atoms with E-state index in [2.05, 4.69) is 25.7 Å². The fourth-order valence-electron chi connectivity index (χ4n) is 5.95. The van der Waals surface area contributed by atoms with Crippen molar-refractivity contribution in [1.82, 2.24) is 29.5 Å². The van der Waals surface area contributed by atoms with Crippen LogP contribution in [0.4, 0.5) is 11.4 Å². The number of benzene rings is 4. The molecule has 0 radical (unpaired) electrons. The molecule has 12 nitrogen and oxygen atoms in total. The third-order valence-corrected chi connectivity index (χ3v) is 7.99. The maximum Gasteiger partial charge on any atom is 0.326 e. The summed E-state index contributed by atoms with van der Waals surface area (Å²) in [4.78, 5) is 38.9. The van der Waals surface area contributed by atoms with E-state index < -0.39 is 11.6 Å². The van der Waals surface area contributed by atoms with E-state index >= 15 is 0 Å². The predicted molar refractivity (Wildman–Crippen MR) is 188 cm³/mol. The molecule has 0 atom stereocenters. The van der Waals surface area contributed by atoms with Gasteiger partial charge in [0.25, 0.3) is 0 Å². The van der Waals surface area contributed by atoms with Crippen molar-refractivity contribution in [3.63, 3.8) is 0 Å². The molecule has 2 aliphatic rings. The van der Waals surface area contributed by atoms with E-state index in [0.717, 1.165) is 34.0 Å². The molecule has 12 heteroatoms. The fourth-order valence-corrected chi connectivity index (χ4v) is 5.95. The molecule has 2 amide bonds. The fraction of sp³-hybridized carbons (Fsp3) is 0.184. The normalized spacial score (nSPS) is 13.3. The van der Waals surface area contributed by atoms with Crippen LogP contribution in [0.25, 0.3) is 34.2 Å². The summed E-state index contributed by atoms with van der Waals surface area (Å²) in [7, 11) is 0. The quantitative estimate of drug-likeness (QED) is 0.240. The molecule has 250 valence electrons. The van der Waals surface area contributed by atoms with Crippen LogP contribution in [0.1, 0.15) is 32.4 Å². The molecule has 4 heterocycles. The molecule has 0 saturated heterocycles. The van der Waals surface area contributed by atoms with Crippen LogP contribution < -0.4 is 10.2 Å². The summed E-state index contributed by atoms with van der Waals surface area (Å²) in [6, 6.07) is 34.7. The molecule has 4 aromatic carbocycles. The molecule has 0 aliphatic carbocycles. The first-order chi connectivity index (χ1) is 24.2. The minimum absolute atomic E-state index is 0.0390. The van der Waals surface area contributed by atoms with Crippen LogP contribution in [0.2, 0.25) is 0 Å². The number of para-hydroxylation sites is 4. The summed E-state index contributed by atoms with van der Waals surface area (Å²) < 4.78 is 9.26. The van der Waals surface area contributed by atoms with Crippen LogP contribution in [-0.4, -0.2) is 59.5 Å². The molecular formula is C38H34N8O4. The molecule has 2 aliphatic heterocycles. The molecule has 50 heavy (non-hydrogen) atoms. The van der Waals surface area contributed by atoms with Gasteiger partial charge in [-0.25, -0.2) is 0 Å². The molecule has 6 aromatic rings. The minimum Gasteiger partial charge on any atom is -0.459 e. The van der Waals surface area contributed by atoms with Crippen molar-refractivity contribution in [2.24, 2.45) is 0 Å². The lowest BCUT2D eigenvalue weighted by atomic mass is 10.2. The second-order valence-corrected chi connectivity index (χ2v) is 12.8. The Morgan fingerprint density at radius 1 is 0.660 bits per heavy atom. The number of esters is 1. The first kappa shape index (κ1) is 32.1. The number of carbonyl (C=O) groups is 3. The zero-order chi connectivity index (χ0) is 34.8. The molecule has 0 saturated carbocycles. The number of ether oxygens (including phenoxy) is 1. The highest BCUT2D eigenvalue weighted by Gasteiger charge is 2.32. The molecule has 1 N–H and O–H groups in total. The van der Waals surface area contributed by atoms with Gasteiger partial charge in [-0.3, -0.25) is 28.4 Å². The summed E-state index contributed by atoms with van der Waals surface area (Å²) in [5.74, 6) is 1.82. The van der Waals surface area contributed by atoms with E-state index in [-0.39, 0.29) is 31.2 Å². The molecular weight excluding hydrogens is 632 g/mol. The van der Waals surface area contributed by atoms with Crippen LogP contribution in [-0.2, 0) is 32.0 Å². The number of anilines is 2. The number of nitrogens with one attached hydrogen (secondary N) is 1. The predicted octanol–water partition coefficient (Wildman–Crippen LogP) is 5.59. The third kappa shape index (κ3) is 6.50. The van der Waals surface area contributed by atoms with Crippen LogP contribution in [0.5, 0.6) is 0 Å². The van der Waals surface area contributed by atoms with Crippen LogP contribution in [0, 0.1) is 0 Å². The zero-order valence-corrected chi connectivity index (χ0v) is 27.8. The van der Waals surface area contributed by atoms with Gasteiger partial charge in [0.2, 0.25) is 11.8 Å². The highest BCUT2D eigenvalue weighted by Crippen LogP contribution is 2.33. The van der Waals surface area contributed by atoms with E-state index in [1.807, 2.05) is 118 Å². The van der Waals surface area contributed by atoms with Gasteiger partial charge in [0.15, 0.2) is 11.6 Å². The Morgan fingerprint density at radius 2 is 1.16 bits per heavy atom. The lowest BCUT2D eigenvalue weighted by Gasteiger charge is -2.25.